The number of fused-ring (bicyclic) bond motifs is 1. The molecule has 1 aromatic heterocycles. The van der Waals surface area contributed by atoms with E-state index in [2.05, 4.69) is 0 Å². The molecule has 12 heteroatoms. The highest BCUT2D eigenvalue weighted by Gasteiger charge is 2.27. The van der Waals surface area contributed by atoms with Gasteiger partial charge in [0.2, 0.25) is 0 Å². The molecule has 0 aliphatic heterocycles. The Morgan fingerprint density at radius 1 is 1.32 bits per heavy atom. The Bertz CT molecular complexity index is 1260. The Morgan fingerprint density at radius 2 is 2.07 bits per heavy atom. The molecule has 1 heterocycles. The fourth-order valence-corrected chi connectivity index (χ4v) is 6.44. The second-order valence-electron chi connectivity index (χ2n) is 5.51. The lowest BCUT2D eigenvalue weighted by atomic mass is 10.2. The molecule has 1 unspecified atom stereocenters. The van der Waals surface area contributed by atoms with Crippen molar-refractivity contribution >= 4 is 50.6 Å². The van der Waals surface area contributed by atoms with Crippen LogP contribution in [0.25, 0.3) is 10.1 Å². The minimum atomic E-state index is -4.48. The van der Waals surface area contributed by atoms with Crippen LogP contribution in [0.15, 0.2) is 46.7 Å². The van der Waals surface area contributed by atoms with Crippen molar-refractivity contribution in [2.24, 2.45) is 0 Å². The van der Waals surface area contributed by atoms with Crippen molar-refractivity contribution in [3.63, 3.8) is 0 Å². The Balaban J connectivity index is 1.75. The smallest absolute Gasteiger partial charge is 0.391 e. The quantitative estimate of drug-likeness (QED) is 0.536. The molecule has 0 aliphatic carbocycles. The Morgan fingerprint density at radius 3 is 2.71 bits per heavy atom. The van der Waals surface area contributed by atoms with E-state index in [-0.39, 0.29) is 15.5 Å². The summed E-state index contributed by atoms with van der Waals surface area (Å²) >= 11 is 6.95. The molecular weight excluding hydrogens is 450 g/mol. The topological polar surface area (TPSA) is 116 Å². The second kappa shape index (κ2) is 7.79. The van der Waals surface area contributed by atoms with Crippen LogP contribution < -0.4 is 9.25 Å². The van der Waals surface area contributed by atoms with Gasteiger partial charge in [0.1, 0.15) is 28.1 Å². The molecule has 146 valence electrons. The molecule has 0 saturated heterocycles. The molecule has 2 N–H and O–H groups in total. The van der Waals surface area contributed by atoms with Crippen molar-refractivity contribution in [3.05, 3.63) is 58.9 Å². The van der Waals surface area contributed by atoms with E-state index in [0.717, 1.165) is 29.5 Å². The summed E-state index contributed by atoms with van der Waals surface area (Å²) in [4.78, 5) is 9.88. The second-order valence-corrected chi connectivity index (χ2v) is 10.7. The van der Waals surface area contributed by atoms with Crippen LogP contribution in [0.2, 0.25) is 5.02 Å². The minimum Gasteiger partial charge on any atom is -0.424 e. The number of nitrogens with zero attached hydrogens (tertiary/aromatic N) is 1. The molecule has 0 spiro atoms. The van der Waals surface area contributed by atoms with E-state index in [1.807, 2.05) is 4.72 Å². The summed E-state index contributed by atoms with van der Waals surface area (Å²) in [6.07, 6.45) is -0.932. The molecule has 0 bridgehead atoms. The zero-order valence-corrected chi connectivity index (χ0v) is 17.1. The van der Waals surface area contributed by atoms with Crippen LogP contribution >= 0.6 is 30.5 Å². The third-order valence-corrected chi connectivity index (χ3v) is 8.26. The van der Waals surface area contributed by atoms with Gasteiger partial charge in [0.25, 0.3) is 10.0 Å². The van der Waals surface area contributed by atoms with Crippen LogP contribution in [-0.2, 0) is 14.6 Å². The Hall–Kier alpha value is -1.99. The minimum absolute atomic E-state index is 0.0833. The summed E-state index contributed by atoms with van der Waals surface area (Å²) < 4.78 is 57.9. The van der Waals surface area contributed by atoms with Gasteiger partial charge in [-0.05, 0) is 29.7 Å². The van der Waals surface area contributed by atoms with Crippen molar-refractivity contribution in [2.75, 3.05) is 6.29 Å². The SMILES string of the molecule is N#Cc1ccc(OP(=O)(O)CNS(=O)(=O)c2cc3cccc(Cl)c3s2)cc1F. The summed E-state index contributed by atoms with van der Waals surface area (Å²) in [7, 11) is -8.58. The van der Waals surface area contributed by atoms with E-state index in [1.165, 1.54) is 6.07 Å². The van der Waals surface area contributed by atoms with Gasteiger partial charge in [0.15, 0.2) is 0 Å². The first-order valence-corrected chi connectivity index (χ1v) is 11.9. The number of hydrogen-bond acceptors (Lipinski definition) is 6. The fourth-order valence-electron chi connectivity index (χ4n) is 2.21. The zero-order valence-electron chi connectivity index (χ0n) is 13.8. The van der Waals surface area contributed by atoms with Gasteiger partial charge in [-0.25, -0.2) is 17.4 Å². The fraction of sp³-hybridized carbons (Fsp3) is 0.0625. The van der Waals surface area contributed by atoms with Gasteiger partial charge >= 0.3 is 7.60 Å². The normalized spacial score (nSPS) is 13.8. The van der Waals surface area contributed by atoms with Crippen LogP contribution in [0.4, 0.5) is 4.39 Å². The predicted molar refractivity (Wildman–Crippen MR) is 104 cm³/mol. The lowest BCUT2D eigenvalue weighted by Crippen LogP contribution is -2.25. The third-order valence-electron chi connectivity index (χ3n) is 3.50. The molecular formula is C16H11ClFN2O5PS2. The largest absolute Gasteiger partial charge is 0.424 e. The molecule has 2 aromatic carbocycles. The Labute approximate surface area is 168 Å². The van der Waals surface area contributed by atoms with Gasteiger partial charge in [-0.15, -0.1) is 11.3 Å². The van der Waals surface area contributed by atoms with E-state index in [0.29, 0.717) is 15.1 Å². The first-order valence-electron chi connectivity index (χ1n) is 7.50. The van der Waals surface area contributed by atoms with Crippen molar-refractivity contribution < 1.29 is 26.8 Å². The van der Waals surface area contributed by atoms with Gasteiger partial charge in [-0.1, -0.05) is 23.7 Å². The zero-order chi connectivity index (χ0) is 20.5. The third kappa shape index (κ3) is 4.52. The van der Waals surface area contributed by atoms with Crippen LogP contribution in [-0.4, -0.2) is 19.6 Å². The van der Waals surface area contributed by atoms with Crippen LogP contribution in [0, 0.1) is 17.1 Å². The molecule has 7 nitrogen and oxygen atoms in total. The van der Waals surface area contributed by atoms with Gasteiger partial charge in [-0.3, -0.25) is 0 Å². The number of thiophene rings is 1. The monoisotopic (exact) mass is 460 g/mol. The van der Waals surface area contributed by atoms with E-state index in [9.17, 15) is 22.3 Å². The molecule has 0 saturated carbocycles. The van der Waals surface area contributed by atoms with E-state index < -0.39 is 29.7 Å². The Kier molecular flexibility index (Phi) is 5.77. The summed E-state index contributed by atoms with van der Waals surface area (Å²) in [5, 5.41) is 9.69. The van der Waals surface area contributed by atoms with Crippen molar-refractivity contribution in [1.29, 1.82) is 5.26 Å². The van der Waals surface area contributed by atoms with Crippen LogP contribution in [0.1, 0.15) is 5.56 Å². The van der Waals surface area contributed by atoms with Gasteiger partial charge < -0.3 is 9.42 Å². The first kappa shape index (κ1) is 20.7. The summed E-state index contributed by atoms with van der Waals surface area (Å²) in [5.41, 5.74) is -0.260. The van der Waals surface area contributed by atoms with Gasteiger partial charge in [0, 0.05) is 6.07 Å². The highest BCUT2D eigenvalue weighted by atomic mass is 35.5. The number of sulfonamides is 1. The maximum atomic E-state index is 13.6. The number of benzene rings is 2. The standard InChI is InChI=1S/C16H11ClFN2O5PS2/c17-13-3-1-2-10-6-15(27-16(10)13)28(23,24)20-9-26(21,22)25-12-5-4-11(8-19)14(18)7-12/h1-7,20H,9H2,(H,21,22). The summed E-state index contributed by atoms with van der Waals surface area (Å²) in [6.45, 7) is 0. The van der Waals surface area contributed by atoms with E-state index >= 15 is 0 Å². The van der Waals surface area contributed by atoms with Crippen LogP contribution in [0.5, 0.6) is 5.75 Å². The number of nitrogens with one attached hydrogen (secondary N) is 1. The molecule has 3 rings (SSSR count). The van der Waals surface area contributed by atoms with E-state index in [4.69, 9.17) is 21.4 Å². The van der Waals surface area contributed by atoms with Crippen molar-refractivity contribution in [3.8, 4) is 11.8 Å². The molecule has 0 radical (unpaired) electrons. The maximum Gasteiger partial charge on any atom is 0.391 e. The first-order chi connectivity index (χ1) is 13.1. The predicted octanol–water partition coefficient (Wildman–Crippen LogP) is 4.07. The lowest BCUT2D eigenvalue weighted by Gasteiger charge is -2.14. The molecule has 28 heavy (non-hydrogen) atoms. The maximum absolute atomic E-state index is 13.6. The number of hydrogen-bond donors (Lipinski definition) is 2. The van der Waals surface area contributed by atoms with Crippen LogP contribution in [0.3, 0.4) is 0 Å². The summed E-state index contributed by atoms with van der Waals surface area (Å²) in [6, 6.07) is 11.0. The van der Waals surface area contributed by atoms with Crippen molar-refractivity contribution in [1.82, 2.24) is 4.72 Å². The number of halogens is 2. The van der Waals surface area contributed by atoms with E-state index in [1.54, 1.807) is 24.3 Å². The number of nitriles is 1. The number of rotatable bonds is 6. The highest BCUT2D eigenvalue weighted by molar-refractivity contribution is 7.92. The molecule has 0 amide bonds. The molecule has 3 aromatic rings. The highest BCUT2D eigenvalue weighted by Crippen LogP contribution is 2.42. The lowest BCUT2D eigenvalue weighted by molar-refractivity contribution is 0.377. The van der Waals surface area contributed by atoms with Crippen molar-refractivity contribution in [2.45, 2.75) is 4.21 Å². The molecule has 0 aliphatic rings. The molecule has 0 fully saturated rings. The van der Waals surface area contributed by atoms with Gasteiger partial charge in [-0.2, -0.15) is 9.98 Å². The van der Waals surface area contributed by atoms with Gasteiger partial charge in [0.05, 0.1) is 15.3 Å². The average molecular weight is 461 g/mol. The molecule has 1 atom stereocenters. The summed E-state index contributed by atoms with van der Waals surface area (Å²) in [5.74, 6) is -1.24. The average Bonchev–Trinajstić information content (AvgIpc) is 3.07.